The molecule has 3 saturated carbocycles. The summed E-state index contributed by atoms with van der Waals surface area (Å²) in [6, 6.07) is 5.02. The average molecular weight is 1140 g/mol. The molecule has 6 heterocycles. The number of hydrogen-bond donors (Lipinski definition) is 0. The monoisotopic (exact) mass is 1140 g/mol. The summed E-state index contributed by atoms with van der Waals surface area (Å²) >= 11 is 12.4. The average Bonchev–Trinajstić information content (AvgIpc) is 4.46. The first-order valence-corrected chi connectivity index (χ1v) is 37.0. The van der Waals surface area contributed by atoms with E-state index in [0.717, 1.165) is 12.8 Å². The van der Waals surface area contributed by atoms with E-state index in [9.17, 15) is 0 Å². The van der Waals surface area contributed by atoms with Gasteiger partial charge in [-0.05, 0) is 96.3 Å². The van der Waals surface area contributed by atoms with Crippen molar-refractivity contribution in [1.29, 1.82) is 0 Å². The second-order valence-electron chi connectivity index (χ2n) is 27.1. The van der Waals surface area contributed by atoms with E-state index in [1.54, 1.807) is 16.0 Å². The van der Waals surface area contributed by atoms with Gasteiger partial charge in [-0.3, -0.25) is 9.59 Å². The van der Waals surface area contributed by atoms with Gasteiger partial charge >= 0.3 is 0 Å². The lowest BCUT2D eigenvalue weighted by atomic mass is 9.70. The number of fused-ring (bicyclic) bond motifs is 11. The number of rotatable bonds is 31. The molecule has 10 unspecified atom stereocenters. The molecule has 76 heavy (non-hydrogen) atoms. The predicted molar refractivity (Wildman–Crippen MR) is 340 cm³/mol. The Hall–Kier alpha value is -0.900. The molecule has 9 rings (SSSR count). The van der Waals surface area contributed by atoms with Gasteiger partial charge in [-0.15, -0.1) is 68.9 Å². The maximum absolute atomic E-state index is 15.5. The van der Waals surface area contributed by atoms with Crippen molar-refractivity contribution < 1.29 is 9.59 Å². The van der Waals surface area contributed by atoms with Crippen molar-refractivity contribution in [2.24, 2.45) is 23.7 Å². The first-order chi connectivity index (χ1) is 36.7. The van der Waals surface area contributed by atoms with Gasteiger partial charge in [-0.25, -0.2) is 0 Å². The van der Waals surface area contributed by atoms with Crippen LogP contribution in [-0.2, 0) is 20.4 Å². The molecule has 4 aromatic rings. The van der Waals surface area contributed by atoms with Gasteiger partial charge in [0, 0.05) is 70.8 Å². The Morgan fingerprint density at radius 3 is 1.28 bits per heavy atom. The van der Waals surface area contributed by atoms with Crippen molar-refractivity contribution in [3.05, 3.63) is 42.8 Å². The summed E-state index contributed by atoms with van der Waals surface area (Å²) in [4.78, 5) is 42.8. The fourth-order valence-corrected chi connectivity index (χ4v) is 24.9. The van der Waals surface area contributed by atoms with E-state index < -0.39 is 0 Å². The van der Waals surface area contributed by atoms with Gasteiger partial charge in [0.2, 0.25) is 0 Å². The summed E-state index contributed by atoms with van der Waals surface area (Å²) in [6.07, 6.45) is 39.2. The van der Waals surface area contributed by atoms with E-state index in [1.165, 1.54) is 223 Å². The van der Waals surface area contributed by atoms with Gasteiger partial charge in [0.25, 0.3) is 0 Å². The van der Waals surface area contributed by atoms with E-state index in [4.69, 9.17) is 0 Å². The van der Waals surface area contributed by atoms with Crippen LogP contribution in [0.3, 0.4) is 0 Å². The van der Waals surface area contributed by atoms with Gasteiger partial charge in [0.15, 0.2) is 0 Å². The predicted octanol–water partition coefficient (Wildman–Crippen LogP) is 23.8. The summed E-state index contributed by atoms with van der Waals surface area (Å²) in [7, 11) is 0. The Morgan fingerprint density at radius 1 is 0.461 bits per heavy atom. The van der Waals surface area contributed by atoms with E-state index in [2.05, 4.69) is 116 Å². The largest absolute Gasteiger partial charge is 0.299 e. The molecular weight excluding hydrogens is 1040 g/mol. The van der Waals surface area contributed by atoms with Crippen LogP contribution in [0.25, 0.3) is 19.2 Å². The summed E-state index contributed by atoms with van der Waals surface area (Å²) in [5.74, 6) is 3.09. The minimum atomic E-state index is -0.00176. The third-order valence-electron chi connectivity index (χ3n) is 19.1. The van der Waals surface area contributed by atoms with E-state index >= 15 is 9.59 Å². The summed E-state index contributed by atoms with van der Waals surface area (Å²) in [5.41, 5.74) is 3.51. The molecule has 3 fully saturated rings. The second kappa shape index (κ2) is 27.0. The number of thioether (sulfide) groups is 2. The number of thiophene rings is 4. The molecule has 0 amide bonds. The van der Waals surface area contributed by atoms with E-state index in [-0.39, 0.29) is 34.5 Å². The fraction of sp³-hybridized carbons (Fsp3) is 0.765. The lowest BCUT2D eigenvalue weighted by Gasteiger charge is -2.37. The number of carbonyl (C=O) groups is 2. The van der Waals surface area contributed by atoms with Crippen LogP contribution in [0.4, 0.5) is 0 Å². The Balaban J connectivity index is 0.988. The molecule has 422 valence electrons. The zero-order chi connectivity index (χ0) is 53.7. The Morgan fingerprint density at radius 2 is 0.855 bits per heavy atom. The number of ketones is 2. The van der Waals surface area contributed by atoms with Crippen LogP contribution in [0, 0.1) is 23.7 Å². The Bertz CT molecular complexity index is 2490. The van der Waals surface area contributed by atoms with Crippen molar-refractivity contribution >= 4 is 89.8 Å². The second-order valence-corrected chi connectivity index (χ2v) is 33.7. The van der Waals surface area contributed by atoms with Crippen molar-refractivity contribution in [3.63, 3.8) is 0 Å². The molecule has 0 saturated heterocycles. The zero-order valence-corrected chi connectivity index (χ0v) is 54.3. The van der Waals surface area contributed by atoms with Crippen molar-refractivity contribution in [2.75, 3.05) is 0 Å². The minimum Gasteiger partial charge on any atom is -0.299 e. The molecule has 10 atom stereocenters. The van der Waals surface area contributed by atoms with Gasteiger partial charge in [0.1, 0.15) is 11.6 Å². The summed E-state index contributed by atoms with van der Waals surface area (Å²) in [5, 5.41) is 0.600. The SMILES string of the molecule is CCCCCCCCCC(CCCCCCC)c1c(-c2cc3sc(C(C)(C)C)cc3s2)sc2c1SC1C2C(=O)C2CC3C(CC21)C(=O)C1c2sc(C(C)(C)C)c(C(CCCCCCC)CCCCCCCCC)c2SC13. The first kappa shape index (κ1) is 59.7. The standard InChI is InChI=1S/C68H102O2S6/c1-11-15-19-23-25-29-33-36-43(35-31-27-21-17-13-3)53-61(51-41-49-50(71-51)42-52(72-49)67(5,6)7)75-64-55-57(69)45-39-48-46(40-47(45)59(55)73-62(53)64)58(70)56-60(48)74-63-54(66(68(8,9)10)76-65(56)63)44(37-32-28-22-18-14-4)38-34-30-26-24-20-16-12-2/h41-48,55-56,59-60H,11-40H2,1-10H3. The van der Waals surface area contributed by atoms with Crippen molar-refractivity contribution in [3.8, 4) is 9.75 Å². The number of Topliss-reactive ketones (excluding diaryl/α,β-unsaturated/α-hetero) is 2. The highest BCUT2D eigenvalue weighted by atomic mass is 32.2. The maximum Gasteiger partial charge on any atom is 0.145 e. The molecule has 3 aliphatic carbocycles. The molecule has 2 nitrogen and oxygen atoms in total. The molecule has 0 N–H and O–H groups in total. The van der Waals surface area contributed by atoms with Gasteiger partial charge in [-0.1, -0.05) is 223 Å². The van der Waals surface area contributed by atoms with Gasteiger partial charge in [-0.2, -0.15) is 0 Å². The molecule has 0 radical (unpaired) electrons. The van der Waals surface area contributed by atoms with Crippen LogP contribution >= 0.6 is 68.9 Å². The zero-order valence-electron chi connectivity index (χ0n) is 49.4. The third-order valence-corrected chi connectivity index (χ3v) is 28.4. The molecule has 0 aromatic carbocycles. The van der Waals surface area contributed by atoms with Crippen LogP contribution in [0.5, 0.6) is 0 Å². The normalized spacial score (nSPS) is 24.6. The van der Waals surface area contributed by atoms with Gasteiger partial charge in [0.05, 0.1) is 11.8 Å². The lowest BCUT2D eigenvalue weighted by Crippen LogP contribution is -2.36. The molecule has 0 spiro atoms. The third kappa shape index (κ3) is 13.0. The summed E-state index contributed by atoms with van der Waals surface area (Å²) < 4.78 is 2.87. The van der Waals surface area contributed by atoms with Crippen LogP contribution in [-0.4, -0.2) is 22.1 Å². The quantitative estimate of drug-likeness (QED) is 0.0470. The number of unbranched alkanes of at least 4 members (excludes halogenated alkanes) is 20. The van der Waals surface area contributed by atoms with Crippen LogP contribution in [0.2, 0.25) is 0 Å². The number of hydrogen-bond acceptors (Lipinski definition) is 8. The summed E-state index contributed by atoms with van der Waals surface area (Å²) in [6.45, 7) is 23.7. The van der Waals surface area contributed by atoms with Crippen LogP contribution in [0.15, 0.2) is 21.9 Å². The fourth-order valence-electron chi connectivity index (χ4n) is 15.0. The molecule has 4 aromatic heterocycles. The maximum atomic E-state index is 15.5. The minimum absolute atomic E-state index is 0.00176. The van der Waals surface area contributed by atoms with Crippen molar-refractivity contribution in [2.45, 2.75) is 317 Å². The van der Waals surface area contributed by atoms with Gasteiger partial charge < -0.3 is 0 Å². The molecule has 8 heteroatoms. The van der Waals surface area contributed by atoms with Crippen LogP contribution in [0.1, 0.15) is 316 Å². The topological polar surface area (TPSA) is 34.1 Å². The van der Waals surface area contributed by atoms with Crippen LogP contribution < -0.4 is 0 Å². The highest BCUT2D eigenvalue weighted by Crippen LogP contribution is 2.70. The van der Waals surface area contributed by atoms with E-state index in [0.29, 0.717) is 45.7 Å². The smallest absolute Gasteiger partial charge is 0.145 e. The molecular formula is C68H102O2S6. The Labute approximate surface area is 488 Å². The molecule has 5 aliphatic rings. The highest BCUT2D eigenvalue weighted by molar-refractivity contribution is 8.01. The van der Waals surface area contributed by atoms with Crippen molar-refractivity contribution in [1.82, 2.24) is 0 Å². The first-order valence-electron chi connectivity index (χ1n) is 32.0. The highest BCUT2D eigenvalue weighted by Gasteiger charge is 2.65. The number of carbonyl (C=O) groups excluding carboxylic acids is 2. The Kier molecular flexibility index (Phi) is 21.2. The molecule has 0 bridgehead atoms. The lowest BCUT2D eigenvalue weighted by molar-refractivity contribution is -0.127. The molecule has 2 aliphatic heterocycles. The van der Waals surface area contributed by atoms with E-state index in [1.807, 2.05) is 34.0 Å².